The molecule has 0 aromatic carbocycles. The summed E-state index contributed by atoms with van der Waals surface area (Å²) in [4.78, 5) is 3.91. The Labute approximate surface area is 94.9 Å². The highest BCUT2D eigenvalue weighted by atomic mass is 16.3. The van der Waals surface area contributed by atoms with Gasteiger partial charge in [0.15, 0.2) is 0 Å². The average Bonchev–Trinajstić information content (AvgIpc) is 2.32. The summed E-state index contributed by atoms with van der Waals surface area (Å²) in [5.41, 5.74) is 1.26. The first-order valence-corrected chi connectivity index (χ1v) is 5.60. The van der Waals surface area contributed by atoms with Gasteiger partial charge in [-0.15, -0.1) is 0 Å². The summed E-state index contributed by atoms with van der Waals surface area (Å²) in [6, 6.07) is 5.63. The van der Waals surface area contributed by atoms with Crippen LogP contribution in [-0.4, -0.2) is 22.2 Å². The van der Waals surface area contributed by atoms with E-state index in [1.165, 1.54) is 0 Å². The Balaban J connectivity index is 2.05. The highest BCUT2D eigenvalue weighted by Gasteiger charge is 2.22. The summed E-state index contributed by atoms with van der Waals surface area (Å²) in [6.45, 7) is 0. The van der Waals surface area contributed by atoms with E-state index in [2.05, 4.69) is 10.3 Å². The maximum Gasteiger partial charge on any atom is 0.142 e. The molecule has 0 amide bonds. The van der Waals surface area contributed by atoms with Crippen molar-refractivity contribution in [1.29, 1.82) is 5.26 Å². The van der Waals surface area contributed by atoms with Crippen molar-refractivity contribution in [3.63, 3.8) is 0 Å². The minimum Gasteiger partial charge on any atom is -0.391 e. The fraction of sp³-hybridized carbons (Fsp3) is 0.500. The van der Waals surface area contributed by atoms with E-state index in [4.69, 9.17) is 5.26 Å². The van der Waals surface area contributed by atoms with E-state index in [1.807, 2.05) is 12.1 Å². The van der Waals surface area contributed by atoms with Gasteiger partial charge in [0, 0.05) is 11.9 Å². The molecule has 1 saturated carbocycles. The first-order chi connectivity index (χ1) is 7.79. The number of aliphatic hydroxyl groups is 1. The van der Waals surface area contributed by atoms with E-state index in [-0.39, 0.29) is 12.1 Å². The molecule has 1 aromatic rings. The number of nitrogens with zero attached hydrogens (tertiary/aromatic N) is 2. The van der Waals surface area contributed by atoms with Crippen LogP contribution in [0.1, 0.15) is 31.4 Å². The van der Waals surface area contributed by atoms with Gasteiger partial charge in [0.05, 0.1) is 12.1 Å². The summed E-state index contributed by atoms with van der Waals surface area (Å²) < 4.78 is 0. The maximum atomic E-state index is 9.81. The smallest absolute Gasteiger partial charge is 0.142 e. The van der Waals surface area contributed by atoms with Gasteiger partial charge in [-0.2, -0.15) is 5.26 Å². The van der Waals surface area contributed by atoms with Crippen molar-refractivity contribution in [1.82, 2.24) is 4.98 Å². The number of anilines is 1. The topological polar surface area (TPSA) is 68.9 Å². The van der Waals surface area contributed by atoms with Crippen LogP contribution in [-0.2, 0) is 0 Å². The summed E-state index contributed by atoms with van der Waals surface area (Å²) in [5.74, 6) is 0. The maximum absolute atomic E-state index is 9.81. The normalized spacial score (nSPS) is 24.8. The number of hydrogen-bond donors (Lipinski definition) is 2. The van der Waals surface area contributed by atoms with Gasteiger partial charge in [0.25, 0.3) is 0 Å². The van der Waals surface area contributed by atoms with Gasteiger partial charge in [-0.3, -0.25) is 0 Å². The second-order valence-corrected chi connectivity index (χ2v) is 4.14. The molecule has 1 heterocycles. The summed E-state index contributed by atoms with van der Waals surface area (Å²) in [5, 5.41) is 21.8. The van der Waals surface area contributed by atoms with Gasteiger partial charge < -0.3 is 10.4 Å². The van der Waals surface area contributed by atoms with Crippen LogP contribution in [0.2, 0.25) is 0 Å². The molecule has 0 radical (unpaired) electrons. The van der Waals surface area contributed by atoms with E-state index < -0.39 is 0 Å². The molecule has 2 N–H and O–H groups in total. The number of nitriles is 1. The van der Waals surface area contributed by atoms with Crippen molar-refractivity contribution in [2.24, 2.45) is 0 Å². The number of aromatic nitrogens is 1. The van der Waals surface area contributed by atoms with Crippen LogP contribution in [0.25, 0.3) is 0 Å². The molecule has 84 valence electrons. The van der Waals surface area contributed by atoms with Crippen LogP contribution in [0, 0.1) is 11.3 Å². The Morgan fingerprint density at radius 3 is 3.00 bits per heavy atom. The van der Waals surface area contributed by atoms with Crippen LogP contribution in [0.3, 0.4) is 0 Å². The lowest BCUT2D eigenvalue weighted by atomic mass is 9.92. The Morgan fingerprint density at radius 2 is 2.25 bits per heavy atom. The highest BCUT2D eigenvalue weighted by molar-refractivity contribution is 5.46. The predicted molar refractivity (Wildman–Crippen MR) is 60.8 cm³/mol. The molecule has 2 atom stereocenters. The van der Waals surface area contributed by atoms with Gasteiger partial charge in [0.1, 0.15) is 11.8 Å². The molecule has 1 fully saturated rings. The zero-order valence-electron chi connectivity index (χ0n) is 9.06. The third-order valence-corrected chi connectivity index (χ3v) is 2.96. The van der Waals surface area contributed by atoms with Crippen LogP contribution < -0.4 is 5.32 Å². The molecule has 1 aliphatic rings. The molecule has 0 bridgehead atoms. The average molecular weight is 217 g/mol. The molecule has 1 aliphatic carbocycles. The molecule has 4 nitrogen and oxygen atoms in total. The number of rotatable bonds is 2. The number of hydrogen-bond acceptors (Lipinski definition) is 4. The lowest BCUT2D eigenvalue weighted by Crippen LogP contribution is -2.36. The molecule has 0 aliphatic heterocycles. The van der Waals surface area contributed by atoms with Gasteiger partial charge in [-0.05, 0) is 25.0 Å². The van der Waals surface area contributed by atoms with Crippen LogP contribution >= 0.6 is 0 Å². The van der Waals surface area contributed by atoms with Crippen molar-refractivity contribution in [3.8, 4) is 6.07 Å². The lowest BCUT2D eigenvalue weighted by molar-refractivity contribution is 0.116. The van der Waals surface area contributed by atoms with Crippen LogP contribution in [0.4, 0.5) is 5.69 Å². The van der Waals surface area contributed by atoms with Crippen molar-refractivity contribution in [2.75, 3.05) is 5.32 Å². The molecular weight excluding hydrogens is 202 g/mol. The number of nitrogens with one attached hydrogen (secondary N) is 1. The fourth-order valence-electron chi connectivity index (χ4n) is 2.08. The van der Waals surface area contributed by atoms with Crippen LogP contribution in [0.15, 0.2) is 18.3 Å². The molecule has 0 spiro atoms. The van der Waals surface area contributed by atoms with Gasteiger partial charge in [0.2, 0.25) is 0 Å². The Bertz CT molecular complexity index is 399. The summed E-state index contributed by atoms with van der Waals surface area (Å²) in [6.07, 6.45) is 5.40. The standard InChI is InChI=1S/C12H15N3O/c13-8-10-7-9(5-6-14-10)15-11-3-1-2-4-12(11)16/h5-7,11-12,16H,1-4H2,(H,14,15). The van der Waals surface area contributed by atoms with Crippen molar-refractivity contribution in [2.45, 2.75) is 37.8 Å². The summed E-state index contributed by atoms with van der Waals surface area (Å²) >= 11 is 0. The minimum atomic E-state index is -0.285. The first kappa shape index (κ1) is 10.9. The van der Waals surface area contributed by atoms with E-state index in [0.717, 1.165) is 31.4 Å². The second kappa shape index (κ2) is 4.95. The molecular formula is C12H15N3O. The van der Waals surface area contributed by atoms with E-state index in [1.54, 1.807) is 12.3 Å². The predicted octanol–water partition coefficient (Wildman–Crippen LogP) is 1.67. The van der Waals surface area contributed by atoms with E-state index in [0.29, 0.717) is 5.69 Å². The monoisotopic (exact) mass is 217 g/mol. The fourth-order valence-corrected chi connectivity index (χ4v) is 2.08. The SMILES string of the molecule is N#Cc1cc(NC2CCCCC2O)ccn1. The van der Waals surface area contributed by atoms with E-state index >= 15 is 0 Å². The zero-order chi connectivity index (χ0) is 11.4. The zero-order valence-corrected chi connectivity index (χ0v) is 9.06. The van der Waals surface area contributed by atoms with Crippen molar-refractivity contribution >= 4 is 5.69 Å². The van der Waals surface area contributed by atoms with Gasteiger partial charge >= 0.3 is 0 Å². The molecule has 0 saturated heterocycles. The molecule has 16 heavy (non-hydrogen) atoms. The second-order valence-electron chi connectivity index (χ2n) is 4.14. The van der Waals surface area contributed by atoms with Gasteiger partial charge in [-0.25, -0.2) is 4.98 Å². The Hall–Kier alpha value is -1.60. The van der Waals surface area contributed by atoms with E-state index in [9.17, 15) is 5.11 Å². The minimum absolute atomic E-state index is 0.0997. The third kappa shape index (κ3) is 2.50. The van der Waals surface area contributed by atoms with Crippen molar-refractivity contribution < 1.29 is 5.11 Å². The van der Waals surface area contributed by atoms with Gasteiger partial charge in [-0.1, -0.05) is 12.8 Å². The molecule has 2 unspecified atom stereocenters. The van der Waals surface area contributed by atoms with Crippen LogP contribution in [0.5, 0.6) is 0 Å². The quantitative estimate of drug-likeness (QED) is 0.790. The highest BCUT2D eigenvalue weighted by Crippen LogP contribution is 2.22. The molecule has 1 aromatic heterocycles. The number of pyridine rings is 1. The largest absolute Gasteiger partial charge is 0.391 e. The summed E-state index contributed by atoms with van der Waals surface area (Å²) in [7, 11) is 0. The molecule has 2 rings (SSSR count). The molecule has 4 heteroatoms. The first-order valence-electron chi connectivity index (χ1n) is 5.60. The van der Waals surface area contributed by atoms with Crippen molar-refractivity contribution in [3.05, 3.63) is 24.0 Å². The lowest BCUT2D eigenvalue weighted by Gasteiger charge is -2.29. The Kier molecular flexibility index (Phi) is 3.37. The third-order valence-electron chi connectivity index (χ3n) is 2.96. The Morgan fingerprint density at radius 1 is 1.44 bits per heavy atom. The number of aliphatic hydroxyl groups excluding tert-OH is 1.